The third-order valence-corrected chi connectivity index (χ3v) is 4.36. The van der Waals surface area contributed by atoms with Crippen LogP contribution in [0.25, 0.3) is 11.1 Å². The van der Waals surface area contributed by atoms with E-state index >= 15 is 0 Å². The molecule has 0 aliphatic carbocycles. The van der Waals surface area contributed by atoms with Crippen LogP contribution in [-0.2, 0) is 16.1 Å². The van der Waals surface area contributed by atoms with Crippen molar-refractivity contribution in [3.05, 3.63) is 53.8 Å². The molecule has 1 aliphatic rings. The summed E-state index contributed by atoms with van der Waals surface area (Å²) < 4.78 is 19.9. The number of hydrogen-bond donors (Lipinski definition) is 2. The SMILES string of the molecule is CNCc1ccc(-c2ccc(N3C[C@H](CNC(C)=O)OC3=O)cc2F)cc1. The number of cyclic esters (lactones) is 1. The molecule has 3 rings (SSSR count). The second-order valence-electron chi connectivity index (χ2n) is 6.44. The van der Waals surface area contributed by atoms with E-state index in [4.69, 9.17) is 4.74 Å². The minimum atomic E-state index is -0.547. The lowest BCUT2D eigenvalue weighted by atomic mass is 10.0. The average Bonchev–Trinajstić information content (AvgIpc) is 3.02. The van der Waals surface area contributed by atoms with E-state index in [0.717, 1.165) is 17.7 Å². The van der Waals surface area contributed by atoms with E-state index < -0.39 is 18.0 Å². The highest BCUT2D eigenvalue weighted by molar-refractivity contribution is 5.90. The number of carbonyl (C=O) groups is 2. The first kappa shape index (κ1) is 18.8. The van der Waals surface area contributed by atoms with Gasteiger partial charge in [0.2, 0.25) is 5.91 Å². The molecule has 1 saturated heterocycles. The van der Waals surface area contributed by atoms with Crippen LogP contribution in [0.2, 0.25) is 0 Å². The smallest absolute Gasteiger partial charge is 0.414 e. The van der Waals surface area contributed by atoms with Gasteiger partial charge >= 0.3 is 6.09 Å². The van der Waals surface area contributed by atoms with Gasteiger partial charge in [-0.2, -0.15) is 0 Å². The monoisotopic (exact) mass is 371 g/mol. The van der Waals surface area contributed by atoms with Crippen LogP contribution in [0, 0.1) is 5.82 Å². The van der Waals surface area contributed by atoms with E-state index in [1.54, 1.807) is 12.1 Å². The number of ether oxygens (including phenoxy) is 1. The Morgan fingerprint density at radius 3 is 2.63 bits per heavy atom. The molecule has 2 amide bonds. The van der Waals surface area contributed by atoms with Crippen molar-refractivity contribution in [1.29, 1.82) is 0 Å². The second-order valence-corrected chi connectivity index (χ2v) is 6.44. The Morgan fingerprint density at radius 2 is 2.00 bits per heavy atom. The van der Waals surface area contributed by atoms with Gasteiger partial charge in [-0.25, -0.2) is 9.18 Å². The van der Waals surface area contributed by atoms with Gasteiger partial charge in [-0.15, -0.1) is 0 Å². The summed E-state index contributed by atoms with van der Waals surface area (Å²) in [5.41, 5.74) is 2.78. The van der Waals surface area contributed by atoms with Crippen molar-refractivity contribution in [1.82, 2.24) is 10.6 Å². The Balaban J connectivity index is 1.74. The highest BCUT2D eigenvalue weighted by Gasteiger charge is 2.32. The third kappa shape index (κ3) is 4.43. The van der Waals surface area contributed by atoms with Crippen molar-refractivity contribution in [3.8, 4) is 11.1 Å². The van der Waals surface area contributed by atoms with Crippen LogP contribution in [-0.4, -0.2) is 38.2 Å². The number of carbonyl (C=O) groups excluding carboxylic acids is 2. The first-order valence-electron chi connectivity index (χ1n) is 8.74. The van der Waals surface area contributed by atoms with Gasteiger partial charge in [0.25, 0.3) is 0 Å². The standard InChI is InChI=1S/C20H22FN3O3/c1-13(25)23-11-17-12-24(20(26)27-17)16-7-8-18(19(21)9-16)15-5-3-14(4-6-15)10-22-2/h3-9,17,22H,10-12H2,1-2H3,(H,23,25)/t17-/m0/s1. The second kappa shape index (κ2) is 8.18. The fraction of sp³-hybridized carbons (Fsp3) is 0.300. The van der Waals surface area contributed by atoms with Crippen LogP contribution in [0.5, 0.6) is 0 Å². The molecule has 142 valence electrons. The number of hydrogen-bond acceptors (Lipinski definition) is 4. The molecule has 2 N–H and O–H groups in total. The Morgan fingerprint density at radius 1 is 1.26 bits per heavy atom. The van der Waals surface area contributed by atoms with Gasteiger partial charge < -0.3 is 15.4 Å². The van der Waals surface area contributed by atoms with Gasteiger partial charge in [0, 0.05) is 19.0 Å². The van der Waals surface area contributed by atoms with Crippen LogP contribution in [0.3, 0.4) is 0 Å². The van der Waals surface area contributed by atoms with Crippen LogP contribution >= 0.6 is 0 Å². The number of nitrogens with zero attached hydrogens (tertiary/aromatic N) is 1. The molecule has 0 radical (unpaired) electrons. The molecule has 2 aromatic rings. The maximum atomic E-state index is 14.7. The lowest BCUT2D eigenvalue weighted by molar-refractivity contribution is -0.119. The van der Waals surface area contributed by atoms with Crippen molar-refractivity contribution in [2.45, 2.75) is 19.6 Å². The summed E-state index contributed by atoms with van der Waals surface area (Å²) in [4.78, 5) is 24.4. The van der Waals surface area contributed by atoms with Crippen molar-refractivity contribution in [2.75, 3.05) is 25.0 Å². The van der Waals surface area contributed by atoms with Gasteiger partial charge in [-0.3, -0.25) is 9.69 Å². The van der Waals surface area contributed by atoms with Crippen molar-refractivity contribution >= 4 is 17.7 Å². The fourth-order valence-electron chi connectivity index (χ4n) is 3.01. The molecular weight excluding hydrogens is 349 g/mol. The Labute approximate surface area is 157 Å². The molecule has 1 fully saturated rings. The highest BCUT2D eigenvalue weighted by atomic mass is 19.1. The van der Waals surface area contributed by atoms with E-state index in [0.29, 0.717) is 11.3 Å². The maximum absolute atomic E-state index is 14.7. The topological polar surface area (TPSA) is 70.7 Å². The molecule has 1 aliphatic heterocycles. The minimum Gasteiger partial charge on any atom is -0.442 e. The zero-order valence-electron chi connectivity index (χ0n) is 15.3. The predicted molar refractivity (Wildman–Crippen MR) is 101 cm³/mol. The lowest BCUT2D eigenvalue weighted by Crippen LogP contribution is -2.33. The van der Waals surface area contributed by atoms with Crippen molar-refractivity contribution < 1.29 is 18.7 Å². The molecule has 1 atom stereocenters. The molecule has 0 aromatic heterocycles. The summed E-state index contributed by atoms with van der Waals surface area (Å²) in [7, 11) is 1.87. The molecule has 0 unspecified atom stereocenters. The molecule has 0 spiro atoms. The van der Waals surface area contributed by atoms with Crippen LogP contribution in [0.15, 0.2) is 42.5 Å². The summed E-state index contributed by atoms with van der Waals surface area (Å²) in [5.74, 6) is -0.604. The number of nitrogens with one attached hydrogen (secondary N) is 2. The normalized spacial score (nSPS) is 16.3. The first-order chi connectivity index (χ1) is 13.0. The van der Waals surface area contributed by atoms with E-state index in [1.807, 2.05) is 31.3 Å². The van der Waals surface area contributed by atoms with Crippen LogP contribution in [0.1, 0.15) is 12.5 Å². The van der Waals surface area contributed by atoms with Crippen molar-refractivity contribution in [3.63, 3.8) is 0 Å². The van der Waals surface area contributed by atoms with Gasteiger partial charge in [-0.05, 0) is 36.4 Å². The van der Waals surface area contributed by atoms with Gasteiger partial charge in [0.15, 0.2) is 0 Å². The zero-order chi connectivity index (χ0) is 19.4. The first-order valence-corrected chi connectivity index (χ1v) is 8.74. The number of anilines is 1. The van der Waals surface area contributed by atoms with E-state index in [-0.39, 0.29) is 19.0 Å². The molecule has 27 heavy (non-hydrogen) atoms. The molecular formula is C20H22FN3O3. The van der Waals surface area contributed by atoms with E-state index in [2.05, 4.69) is 10.6 Å². The molecule has 6 nitrogen and oxygen atoms in total. The predicted octanol–water partition coefficient (Wildman–Crippen LogP) is 2.67. The molecule has 0 saturated carbocycles. The number of benzene rings is 2. The summed E-state index contributed by atoms with van der Waals surface area (Å²) in [6.45, 7) is 2.64. The van der Waals surface area contributed by atoms with E-state index in [9.17, 15) is 14.0 Å². The average molecular weight is 371 g/mol. The van der Waals surface area contributed by atoms with E-state index in [1.165, 1.54) is 17.9 Å². The fourth-order valence-corrected chi connectivity index (χ4v) is 3.01. The number of amides is 2. The molecule has 1 heterocycles. The molecule has 2 aromatic carbocycles. The lowest BCUT2D eigenvalue weighted by Gasteiger charge is -2.14. The third-order valence-electron chi connectivity index (χ3n) is 4.36. The minimum absolute atomic E-state index is 0.194. The summed E-state index contributed by atoms with van der Waals surface area (Å²) >= 11 is 0. The largest absolute Gasteiger partial charge is 0.442 e. The Hall–Kier alpha value is -2.93. The van der Waals surface area contributed by atoms with Gasteiger partial charge in [0.1, 0.15) is 11.9 Å². The maximum Gasteiger partial charge on any atom is 0.414 e. The summed E-state index contributed by atoms with van der Waals surface area (Å²) in [6, 6.07) is 12.3. The van der Waals surface area contributed by atoms with Crippen LogP contribution in [0.4, 0.5) is 14.9 Å². The highest BCUT2D eigenvalue weighted by Crippen LogP contribution is 2.29. The Kier molecular flexibility index (Phi) is 5.71. The number of rotatable bonds is 6. The number of halogens is 1. The molecule has 7 heteroatoms. The summed E-state index contributed by atoms with van der Waals surface area (Å²) in [6.07, 6.45) is -1.00. The van der Waals surface area contributed by atoms with Crippen LogP contribution < -0.4 is 15.5 Å². The quantitative estimate of drug-likeness (QED) is 0.819. The zero-order valence-corrected chi connectivity index (χ0v) is 15.3. The summed E-state index contributed by atoms with van der Waals surface area (Å²) in [5, 5.41) is 5.68. The molecule has 0 bridgehead atoms. The van der Waals surface area contributed by atoms with Gasteiger partial charge in [-0.1, -0.05) is 24.3 Å². The van der Waals surface area contributed by atoms with Crippen molar-refractivity contribution in [2.24, 2.45) is 0 Å². The Bertz CT molecular complexity index is 839. The van der Waals surface area contributed by atoms with Gasteiger partial charge in [0.05, 0.1) is 18.8 Å².